The highest BCUT2D eigenvalue weighted by Gasteiger charge is 2.33. The van der Waals surface area contributed by atoms with E-state index in [1.54, 1.807) is 0 Å². The van der Waals surface area contributed by atoms with E-state index in [1.807, 2.05) is 53.8 Å². The topological polar surface area (TPSA) is 87.9 Å². The highest BCUT2D eigenvalue weighted by molar-refractivity contribution is 5.94. The van der Waals surface area contributed by atoms with E-state index in [0.717, 1.165) is 48.9 Å². The lowest BCUT2D eigenvalue weighted by Crippen LogP contribution is -2.44. The van der Waals surface area contributed by atoms with E-state index in [0.29, 0.717) is 12.5 Å². The van der Waals surface area contributed by atoms with Crippen LogP contribution in [0.25, 0.3) is 5.69 Å². The molecule has 2 aromatic rings. The first-order valence-corrected chi connectivity index (χ1v) is 9.71. The van der Waals surface area contributed by atoms with E-state index in [1.165, 1.54) is 0 Å². The van der Waals surface area contributed by atoms with Gasteiger partial charge in [0.25, 0.3) is 12.4 Å². The summed E-state index contributed by atoms with van der Waals surface area (Å²) in [6.07, 6.45) is 0. The fraction of sp³-hybridized carbons (Fsp3) is 0.476. The van der Waals surface area contributed by atoms with Crippen molar-refractivity contribution in [3.8, 4) is 5.69 Å². The second-order valence-corrected chi connectivity index (χ2v) is 7.70. The highest BCUT2D eigenvalue weighted by atomic mass is 16.5. The molecule has 2 saturated heterocycles. The fourth-order valence-corrected chi connectivity index (χ4v) is 4.06. The number of aromatic nitrogens is 2. The molecule has 0 radical (unpaired) electrons. The third-order valence-electron chi connectivity index (χ3n) is 5.38. The Bertz CT molecular complexity index is 866. The van der Waals surface area contributed by atoms with Crippen molar-refractivity contribution in [3.05, 3.63) is 47.3 Å². The van der Waals surface area contributed by atoms with Crippen LogP contribution in [0.1, 0.15) is 21.7 Å². The molecule has 1 N–H and O–H groups in total. The molecule has 1 aromatic heterocycles. The molecule has 0 saturated carbocycles. The molecule has 0 spiro atoms. The molecule has 1 aromatic carbocycles. The number of benzene rings is 1. The summed E-state index contributed by atoms with van der Waals surface area (Å²) in [7, 11) is 2.13. The lowest BCUT2D eigenvalue weighted by molar-refractivity contribution is -0.122. The van der Waals surface area contributed by atoms with Gasteiger partial charge in [-0.05, 0) is 45.2 Å². The second kappa shape index (κ2) is 9.19. The summed E-state index contributed by atoms with van der Waals surface area (Å²) in [5.74, 6) is 0.469. The zero-order chi connectivity index (χ0) is 21.0. The number of amides is 1. The number of likely N-dealkylation sites (N-methyl/N-ethyl adjacent to an activating group) is 1. The van der Waals surface area contributed by atoms with E-state index in [4.69, 9.17) is 14.6 Å². The van der Waals surface area contributed by atoms with E-state index in [2.05, 4.69) is 17.0 Å². The number of aryl methyl sites for hydroxylation is 2. The molecular weight excluding hydrogens is 372 g/mol. The number of carboxylic acid groups (broad SMARTS) is 1. The molecule has 8 heteroatoms. The van der Waals surface area contributed by atoms with Crippen molar-refractivity contribution < 1.29 is 19.4 Å². The number of nitrogens with zero attached hydrogens (tertiary/aromatic N) is 4. The smallest absolute Gasteiger partial charge is 0.290 e. The number of carbonyl (C=O) groups is 2. The lowest BCUT2D eigenvalue weighted by atomic mass is 10.1. The van der Waals surface area contributed by atoms with Gasteiger partial charge in [0.15, 0.2) is 0 Å². The predicted octanol–water partition coefficient (Wildman–Crippen LogP) is 1.59. The summed E-state index contributed by atoms with van der Waals surface area (Å²) in [6.45, 7) is 7.65. The van der Waals surface area contributed by atoms with Gasteiger partial charge in [-0.15, -0.1) is 0 Å². The molecule has 156 valence electrons. The number of hydrogen-bond acceptors (Lipinski definition) is 5. The third kappa shape index (κ3) is 4.83. The molecule has 2 aliphatic heterocycles. The number of rotatable bonds is 2. The van der Waals surface area contributed by atoms with Crippen LogP contribution in [0.15, 0.2) is 30.3 Å². The van der Waals surface area contributed by atoms with Crippen LogP contribution in [-0.4, -0.2) is 83.0 Å². The second-order valence-electron chi connectivity index (χ2n) is 7.70. The van der Waals surface area contributed by atoms with Gasteiger partial charge in [-0.3, -0.25) is 14.5 Å². The molecule has 4 rings (SSSR count). The van der Waals surface area contributed by atoms with Crippen molar-refractivity contribution in [2.45, 2.75) is 19.9 Å². The molecule has 2 aliphatic rings. The van der Waals surface area contributed by atoms with Crippen molar-refractivity contribution in [3.63, 3.8) is 0 Å². The maximum absolute atomic E-state index is 13.2. The predicted molar refractivity (Wildman–Crippen MR) is 108 cm³/mol. The zero-order valence-corrected chi connectivity index (χ0v) is 17.1. The summed E-state index contributed by atoms with van der Waals surface area (Å²) in [5, 5.41) is 11.4. The van der Waals surface area contributed by atoms with Gasteiger partial charge in [-0.25, -0.2) is 4.68 Å². The minimum atomic E-state index is -0.250. The minimum Gasteiger partial charge on any atom is -0.483 e. The Kier molecular flexibility index (Phi) is 6.66. The Morgan fingerprint density at radius 2 is 1.97 bits per heavy atom. The summed E-state index contributed by atoms with van der Waals surface area (Å²) in [6, 6.07) is 10.1. The van der Waals surface area contributed by atoms with Crippen molar-refractivity contribution in [1.29, 1.82) is 0 Å². The fourth-order valence-electron chi connectivity index (χ4n) is 4.06. The van der Waals surface area contributed by atoms with Gasteiger partial charge >= 0.3 is 0 Å². The summed E-state index contributed by atoms with van der Waals surface area (Å²) in [4.78, 5) is 25.9. The maximum Gasteiger partial charge on any atom is 0.290 e. The first kappa shape index (κ1) is 21.0. The largest absolute Gasteiger partial charge is 0.483 e. The van der Waals surface area contributed by atoms with Crippen LogP contribution in [0.2, 0.25) is 0 Å². The van der Waals surface area contributed by atoms with Crippen LogP contribution in [0, 0.1) is 19.8 Å². The average Bonchev–Trinajstić information content (AvgIpc) is 2.82. The Hall–Kier alpha value is -2.71. The molecule has 3 heterocycles. The van der Waals surface area contributed by atoms with Crippen molar-refractivity contribution in [2.75, 3.05) is 39.9 Å². The van der Waals surface area contributed by atoms with E-state index < -0.39 is 0 Å². The lowest BCUT2D eigenvalue weighted by Gasteiger charge is -2.30. The highest BCUT2D eigenvalue weighted by Crippen LogP contribution is 2.21. The van der Waals surface area contributed by atoms with E-state index in [-0.39, 0.29) is 18.4 Å². The van der Waals surface area contributed by atoms with Crippen LogP contribution < -0.4 is 0 Å². The van der Waals surface area contributed by atoms with Crippen LogP contribution in [-0.2, 0) is 9.53 Å². The SMILES string of the molecule is Cc1cc(C)n(-c2cccc(C(=O)N3C[C@@H]4COC[C@H](C3)N(C)C4)c2)n1.O=CO. The monoisotopic (exact) mass is 400 g/mol. The van der Waals surface area contributed by atoms with Crippen LogP contribution in [0.3, 0.4) is 0 Å². The molecule has 1 amide bonds. The van der Waals surface area contributed by atoms with Crippen LogP contribution >= 0.6 is 0 Å². The van der Waals surface area contributed by atoms with Gasteiger partial charge in [-0.2, -0.15) is 5.10 Å². The Morgan fingerprint density at radius 1 is 1.21 bits per heavy atom. The molecule has 0 aliphatic carbocycles. The minimum absolute atomic E-state index is 0.0978. The molecule has 29 heavy (non-hydrogen) atoms. The van der Waals surface area contributed by atoms with Crippen LogP contribution in [0.4, 0.5) is 0 Å². The van der Waals surface area contributed by atoms with Gasteiger partial charge in [0.1, 0.15) is 0 Å². The van der Waals surface area contributed by atoms with Crippen LogP contribution in [0.5, 0.6) is 0 Å². The van der Waals surface area contributed by atoms with Crippen molar-refractivity contribution >= 4 is 12.4 Å². The first-order chi connectivity index (χ1) is 13.9. The van der Waals surface area contributed by atoms with Gasteiger partial charge < -0.3 is 14.7 Å². The van der Waals surface area contributed by atoms with Gasteiger partial charge in [0, 0.05) is 36.8 Å². The first-order valence-electron chi connectivity index (χ1n) is 9.71. The Balaban J connectivity index is 0.000000755. The van der Waals surface area contributed by atoms with Gasteiger partial charge in [-0.1, -0.05) is 6.07 Å². The number of carbonyl (C=O) groups excluding carboxylic acids is 1. The van der Waals surface area contributed by atoms with E-state index >= 15 is 0 Å². The average molecular weight is 400 g/mol. The number of ether oxygens (including phenoxy) is 1. The normalized spacial score (nSPS) is 21.7. The van der Waals surface area contributed by atoms with Gasteiger partial charge in [0.05, 0.1) is 30.6 Å². The van der Waals surface area contributed by atoms with Gasteiger partial charge in [0.2, 0.25) is 0 Å². The summed E-state index contributed by atoms with van der Waals surface area (Å²) in [5.41, 5.74) is 3.69. The Morgan fingerprint density at radius 3 is 2.66 bits per heavy atom. The van der Waals surface area contributed by atoms with E-state index in [9.17, 15) is 4.79 Å². The van der Waals surface area contributed by atoms with Crippen molar-refractivity contribution in [1.82, 2.24) is 19.6 Å². The quantitative estimate of drug-likeness (QED) is 0.771. The summed E-state index contributed by atoms with van der Waals surface area (Å²) < 4.78 is 7.66. The molecular formula is C21H28N4O4. The Labute approximate surface area is 170 Å². The summed E-state index contributed by atoms with van der Waals surface area (Å²) >= 11 is 0. The molecule has 2 fully saturated rings. The molecule has 2 atom stereocenters. The van der Waals surface area contributed by atoms with Crippen molar-refractivity contribution in [2.24, 2.45) is 5.92 Å². The number of hydrogen-bond donors (Lipinski definition) is 1. The molecule has 8 nitrogen and oxygen atoms in total. The maximum atomic E-state index is 13.2. The zero-order valence-electron chi connectivity index (χ0n) is 17.1. The molecule has 2 bridgehead atoms. The standard InChI is InChI=1S/C20H26N4O2.CH2O2/c1-14-7-15(2)24(21-14)18-6-4-5-17(8-18)20(25)23-10-16-9-22(3)19(11-23)13-26-12-16;2-1-3/h4-8,16,19H,9-13H2,1-3H3;1H,(H,2,3)/t16-,19+;/m1./s1. The molecule has 0 unspecified atom stereocenters. The number of fused-ring (bicyclic) bond motifs is 3. The third-order valence-corrected chi connectivity index (χ3v) is 5.38.